The molecule has 0 amide bonds. The molecule has 1 rings (SSSR count). The van der Waals surface area contributed by atoms with Gasteiger partial charge in [0.25, 0.3) is 0 Å². The van der Waals surface area contributed by atoms with Crippen LogP contribution in [-0.4, -0.2) is 0 Å². The summed E-state index contributed by atoms with van der Waals surface area (Å²) in [6.45, 7) is 7.18. The molecule has 1 saturated carbocycles. The van der Waals surface area contributed by atoms with E-state index in [1.165, 1.54) is 44.9 Å². The van der Waals surface area contributed by atoms with Crippen LogP contribution in [0.15, 0.2) is 0 Å². The van der Waals surface area contributed by atoms with Crippen LogP contribution in [0.1, 0.15) is 65.7 Å². The van der Waals surface area contributed by atoms with E-state index in [0.717, 1.165) is 17.8 Å². The normalized spacial score (nSPS) is 34.8. The van der Waals surface area contributed by atoms with Crippen LogP contribution in [0.5, 0.6) is 0 Å². The molecular formula is C13H26. The van der Waals surface area contributed by atoms with Gasteiger partial charge in [0.15, 0.2) is 0 Å². The molecule has 0 nitrogen and oxygen atoms in total. The minimum absolute atomic E-state index is 0.998. The van der Waals surface area contributed by atoms with Crippen LogP contribution < -0.4 is 0 Å². The maximum atomic E-state index is 2.46. The van der Waals surface area contributed by atoms with Crippen molar-refractivity contribution in [2.45, 2.75) is 65.7 Å². The number of rotatable bonds is 4. The molecule has 0 bridgehead atoms. The quantitative estimate of drug-likeness (QED) is 0.556. The van der Waals surface area contributed by atoms with Crippen molar-refractivity contribution in [1.29, 1.82) is 0 Å². The molecule has 0 N–H and O–H groups in total. The highest BCUT2D eigenvalue weighted by molar-refractivity contribution is 4.75. The standard InChI is InChI=1S/C13H26/c1-4-5-6-7-13-9-8-11(2)10-12(13)3/h11-13H,4-10H2,1-3H3. The van der Waals surface area contributed by atoms with Gasteiger partial charge in [-0.15, -0.1) is 0 Å². The van der Waals surface area contributed by atoms with E-state index in [-0.39, 0.29) is 0 Å². The third-order valence-corrected chi connectivity index (χ3v) is 3.79. The Morgan fingerprint density at radius 3 is 2.46 bits per heavy atom. The van der Waals surface area contributed by atoms with E-state index >= 15 is 0 Å². The molecule has 0 heteroatoms. The van der Waals surface area contributed by atoms with Gasteiger partial charge in [-0.2, -0.15) is 0 Å². The van der Waals surface area contributed by atoms with Gasteiger partial charge in [0, 0.05) is 0 Å². The fraction of sp³-hybridized carbons (Fsp3) is 1.00. The molecular weight excluding hydrogens is 156 g/mol. The zero-order valence-electron chi connectivity index (χ0n) is 9.68. The van der Waals surface area contributed by atoms with Crippen molar-refractivity contribution in [2.75, 3.05) is 0 Å². The lowest BCUT2D eigenvalue weighted by molar-refractivity contribution is 0.190. The van der Waals surface area contributed by atoms with Crippen LogP contribution in [0, 0.1) is 17.8 Å². The highest BCUT2D eigenvalue weighted by Gasteiger charge is 2.24. The van der Waals surface area contributed by atoms with Gasteiger partial charge in [-0.05, 0) is 30.6 Å². The zero-order valence-corrected chi connectivity index (χ0v) is 9.68. The maximum absolute atomic E-state index is 2.46. The van der Waals surface area contributed by atoms with E-state index in [4.69, 9.17) is 0 Å². The molecule has 0 aromatic carbocycles. The van der Waals surface area contributed by atoms with E-state index in [2.05, 4.69) is 20.8 Å². The van der Waals surface area contributed by atoms with Gasteiger partial charge in [0.2, 0.25) is 0 Å². The van der Waals surface area contributed by atoms with Gasteiger partial charge in [-0.1, -0.05) is 52.9 Å². The minimum atomic E-state index is 0.998. The van der Waals surface area contributed by atoms with Crippen LogP contribution >= 0.6 is 0 Å². The lowest BCUT2D eigenvalue weighted by Crippen LogP contribution is -2.21. The van der Waals surface area contributed by atoms with Crippen LogP contribution in [-0.2, 0) is 0 Å². The Kier molecular flexibility index (Phi) is 4.83. The molecule has 0 spiro atoms. The average molecular weight is 182 g/mol. The Morgan fingerprint density at radius 2 is 1.85 bits per heavy atom. The lowest BCUT2D eigenvalue weighted by atomic mass is 9.74. The summed E-state index contributed by atoms with van der Waals surface area (Å²) >= 11 is 0. The van der Waals surface area contributed by atoms with Crippen molar-refractivity contribution in [3.63, 3.8) is 0 Å². The zero-order chi connectivity index (χ0) is 9.68. The van der Waals surface area contributed by atoms with E-state index in [1.807, 2.05) is 0 Å². The summed E-state index contributed by atoms with van der Waals surface area (Å²) < 4.78 is 0. The molecule has 78 valence electrons. The van der Waals surface area contributed by atoms with Crippen LogP contribution in [0.4, 0.5) is 0 Å². The summed E-state index contributed by atoms with van der Waals surface area (Å²) in [6.07, 6.45) is 10.3. The van der Waals surface area contributed by atoms with E-state index in [1.54, 1.807) is 0 Å². The first-order valence-corrected chi connectivity index (χ1v) is 6.24. The fourth-order valence-corrected chi connectivity index (χ4v) is 2.81. The molecule has 3 atom stereocenters. The number of hydrogen-bond donors (Lipinski definition) is 0. The number of hydrogen-bond acceptors (Lipinski definition) is 0. The Morgan fingerprint density at radius 1 is 1.08 bits per heavy atom. The second-order valence-electron chi connectivity index (χ2n) is 5.15. The molecule has 0 aromatic heterocycles. The monoisotopic (exact) mass is 182 g/mol. The van der Waals surface area contributed by atoms with Crippen molar-refractivity contribution in [3.8, 4) is 0 Å². The van der Waals surface area contributed by atoms with Crippen molar-refractivity contribution in [3.05, 3.63) is 0 Å². The summed E-state index contributed by atoms with van der Waals surface area (Å²) in [7, 11) is 0. The third kappa shape index (κ3) is 3.70. The summed E-state index contributed by atoms with van der Waals surface area (Å²) in [5.41, 5.74) is 0. The van der Waals surface area contributed by atoms with Crippen LogP contribution in [0.3, 0.4) is 0 Å². The molecule has 0 aromatic rings. The summed E-state index contributed by atoms with van der Waals surface area (Å²) in [6, 6.07) is 0. The van der Waals surface area contributed by atoms with E-state index < -0.39 is 0 Å². The van der Waals surface area contributed by atoms with Crippen molar-refractivity contribution < 1.29 is 0 Å². The van der Waals surface area contributed by atoms with Gasteiger partial charge in [0.05, 0.1) is 0 Å². The van der Waals surface area contributed by atoms with Crippen molar-refractivity contribution in [1.82, 2.24) is 0 Å². The van der Waals surface area contributed by atoms with Crippen molar-refractivity contribution >= 4 is 0 Å². The smallest absolute Gasteiger partial charge is 0.0388 e. The second kappa shape index (κ2) is 5.67. The van der Waals surface area contributed by atoms with Gasteiger partial charge in [-0.25, -0.2) is 0 Å². The molecule has 3 unspecified atom stereocenters. The Bertz CT molecular complexity index is 128. The molecule has 0 saturated heterocycles. The largest absolute Gasteiger partial charge is 0.0654 e. The van der Waals surface area contributed by atoms with Gasteiger partial charge < -0.3 is 0 Å². The SMILES string of the molecule is CCCCCC1CCC(C)CC1C. The van der Waals surface area contributed by atoms with E-state index in [0.29, 0.717) is 0 Å². The molecule has 0 aliphatic heterocycles. The Labute approximate surface area is 84.1 Å². The van der Waals surface area contributed by atoms with Gasteiger partial charge in [-0.3, -0.25) is 0 Å². The molecule has 0 radical (unpaired) electrons. The first kappa shape index (κ1) is 11.1. The first-order valence-electron chi connectivity index (χ1n) is 6.24. The predicted octanol–water partition coefficient (Wildman–Crippen LogP) is 4.64. The summed E-state index contributed by atoms with van der Waals surface area (Å²) in [4.78, 5) is 0. The Balaban J connectivity index is 2.18. The van der Waals surface area contributed by atoms with Gasteiger partial charge in [0.1, 0.15) is 0 Å². The van der Waals surface area contributed by atoms with Crippen molar-refractivity contribution in [2.24, 2.45) is 17.8 Å². The minimum Gasteiger partial charge on any atom is -0.0654 e. The maximum Gasteiger partial charge on any atom is -0.0388 e. The molecule has 13 heavy (non-hydrogen) atoms. The topological polar surface area (TPSA) is 0 Å². The summed E-state index contributed by atoms with van der Waals surface area (Å²) in [5, 5.41) is 0. The number of unbranched alkanes of at least 4 members (excludes halogenated alkanes) is 2. The molecule has 1 fully saturated rings. The second-order valence-corrected chi connectivity index (χ2v) is 5.15. The molecule has 1 aliphatic rings. The van der Waals surface area contributed by atoms with Gasteiger partial charge >= 0.3 is 0 Å². The molecule has 1 aliphatic carbocycles. The fourth-order valence-electron chi connectivity index (χ4n) is 2.81. The van der Waals surface area contributed by atoms with E-state index in [9.17, 15) is 0 Å². The Hall–Kier alpha value is 0. The summed E-state index contributed by atoms with van der Waals surface area (Å²) in [5.74, 6) is 3.06. The average Bonchev–Trinajstić information content (AvgIpc) is 2.09. The highest BCUT2D eigenvalue weighted by atomic mass is 14.3. The molecule has 0 heterocycles. The van der Waals surface area contributed by atoms with Crippen LogP contribution in [0.2, 0.25) is 0 Å². The highest BCUT2D eigenvalue weighted by Crippen LogP contribution is 2.36. The van der Waals surface area contributed by atoms with Crippen LogP contribution in [0.25, 0.3) is 0 Å². The lowest BCUT2D eigenvalue weighted by Gasteiger charge is -2.32. The first-order chi connectivity index (χ1) is 6.24. The predicted molar refractivity (Wildman–Crippen MR) is 59.8 cm³/mol. The third-order valence-electron chi connectivity index (χ3n) is 3.79.